The van der Waals surface area contributed by atoms with Gasteiger partial charge in [-0.05, 0) is 90.8 Å². The highest BCUT2D eigenvalue weighted by Gasteiger charge is 2.23. The maximum absolute atomic E-state index is 6.50. The van der Waals surface area contributed by atoms with E-state index in [4.69, 9.17) is 19.4 Å². The predicted octanol–water partition coefficient (Wildman–Crippen LogP) is 15.7. The van der Waals surface area contributed by atoms with Gasteiger partial charge < -0.3 is 4.42 Å². The first-order valence-electron chi connectivity index (χ1n) is 21.3. The molecule has 0 aliphatic carbocycles. The van der Waals surface area contributed by atoms with Crippen LogP contribution in [0.5, 0.6) is 0 Å². The zero-order valence-corrected chi connectivity index (χ0v) is 34.1. The lowest BCUT2D eigenvalue weighted by molar-refractivity contribution is 0.669. The minimum Gasteiger partial charge on any atom is -0.456 e. The maximum Gasteiger partial charge on any atom is 0.164 e. The van der Waals surface area contributed by atoms with Crippen molar-refractivity contribution in [3.63, 3.8) is 0 Å². The smallest absolute Gasteiger partial charge is 0.164 e. The number of rotatable bonds is 7. The molecule has 0 amide bonds. The van der Waals surface area contributed by atoms with E-state index in [-0.39, 0.29) is 0 Å². The van der Waals surface area contributed by atoms with Gasteiger partial charge in [0.05, 0.1) is 0 Å². The molecule has 4 heteroatoms. The van der Waals surface area contributed by atoms with Gasteiger partial charge >= 0.3 is 0 Å². The van der Waals surface area contributed by atoms with Crippen molar-refractivity contribution in [1.82, 2.24) is 15.0 Å². The van der Waals surface area contributed by atoms with Crippen molar-refractivity contribution in [2.45, 2.75) is 0 Å². The van der Waals surface area contributed by atoms with E-state index in [1.165, 1.54) is 10.8 Å². The molecule has 294 valence electrons. The lowest BCUT2D eigenvalue weighted by atomic mass is 9.86. The number of hydrogen-bond donors (Lipinski definition) is 0. The van der Waals surface area contributed by atoms with E-state index in [0.29, 0.717) is 17.5 Å². The molecule has 2 heterocycles. The summed E-state index contributed by atoms with van der Waals surface area (Å²) in [7, 11) is 0. The van der Waals surface area contributed by atoms with Crippen LogP contribution in [0.4, 0.5) is 0 Å². The largest absolute Gasteiger partial charge is 0.456 e. The Morgan fingerprint density at radius 1 is 0.270 bits per heavy atom. The third kappa shape index (κ3) is 6.53. The molecule has 0 aliphatic rings. The summed E-state index contributed by atoms with van der Waals surface area (Å²) < 4.78 is 6.50. The van der Waals surface area contributed by atoms with Crippen LogP contribution in [0.2, 0.25) is 0 Å². The number of hydrogen-bond acceptors (Lipinski definition) is 4. The van der Waals surface area contributed by atoms with Gasteiger partial charge in [0.1, 0.15) is 11.2 Å². The van der Waals surface area contributed by atoms with Crippen molar-refractivity contribution >= 4 is 43.5 Å². The summed E-state index contributed by atoms with van der Waals surface area (Å²) in [6.07, 6.45) is 0. The molecule has 0 N–H and O–H groups in total. The van der Waals surface area contributed by atoms with E-state index in [2.05, 4.69) is 218 Å². The highest BCUT2D eigenvalue weighted by Crippen LogP contribution is 2.45. The molecule has 0 aliphatic heterocycles. The Bertz CT molecular complexity index is 3650. The van der Waals surface area contributed by atoms with E-state index in [9.17, 15) is 0 Å². The average Bonchev–Trinajstić information content (AvgIpc) is 3.75. The van der Waals surface area contributed by atoms with Crippen LogP contribution in [0.15, 0.2) is 229 Å². The Balaban J connectivity index is 1.15. The first kappa shape index (κ1) is 36.4. The predicted molar refractivity (Wildman–Crippen MR) is 260 cm³/mol. The van der Waals surface area contributed by atoms with Gasteiger partial charge in [-0.3, -0.25) is 0 Å². The van der Waals surface area contributed by atoms with Crippen molar-refractivity contribution in [1.29, 1.82) is 0 Å². The van der Waals surface area contributed by atoms with Crippen molar-refractivity contribution in [3.8, 4) is 78.7 Å². The first-order chi connectivity index (χ1) is 31.2. The minimum atomic E-state index is 0.591. The molecule has 0 saturated carbocycles. The molecule has 0 fully saturated rings. The van der Waals surface area contributed by atoms with Gasteiger partial charge in [-0.15, -0.1) is 0 Å². The van der Waals surface area contributed by atoms with E-state index in [0.717, 1.165) is 93.9 Å². The van der Waals surface area contributed by atoms with Crippen LogP contribution in [0.25, 0.3) is 122 Å². The zero-order valence-electron chi connectivity index (χ0n) is 34.1. The molecule has 0 spiro atoms. The number of fused-ring (bicyclic) bond motifs is 6. The Hall–Kier alpha value is -8.47. The van der Waals surface area contributed by atoms with Crippen LogP contribution >= 0.6 is 0 Å². The number of benzene rings is 10. The second-order valence-electron chi connectivity index (χ2n) is 15.9. The molecule has 4 nitrogen and oxygen atoms in total. The second kappa shape index (κ2) is 15.2. The van der Waals surface area contributed by atoms with Gasteiger partial charge in [-0.1, -0.05) is 194 Å². The van der Waals surface area contributed by atoms with Crippen LogP contribution < -0.4 is 0 Å². The number of furan rings is 1. The van der Waals surface area contributed by atoms with E-state index >= 15 is 0 Å². The maximum atomic E-state index is 6.50. The fraction of sp³-hybridized carbons (Fsp3) is 0. The molecule has 12 rings (SSSR count). The summed E-state index contributed by atoms with van der Waals surface area (Å²) in [6.45, 7) is 0. The number of nitrogens with zero attached hydrogens (tertiary/aromatic N) is 3. The van der Waals surface area contributed by atoms with Crippen molar-refractivity contribution in [3.05, 3.63) is 224 Å². The summed E-state index contributed by atoms with van der Waals surface area (Å²) >= 11 is 0. The average molecular weight is 804 g/mol. The van der Waals surface area contributed by atoms with Gasteiger partial charge in [-0.2, -0.15) is 0 Å². The van der Waals surface area contributed by atoms with Crippen molar-refractivity contribution in [2.75, 3.05) is 0 Å². The monoisotopic (exact) mass is 803 g/mol. The minimum absolute atomic E-state index is 0.591. The molecule has 2 aromatic heterocycles. The summed E-state index contributed by atoms with van der Waals surface area (Å²) in [5, 5.41) is 6.74. The van der Waals surface area contributed by atoms with Gasteiger partial charge in [0.15, 0.2) is 17.5 Å². The lowest BCUT2D eigenvalue weighted by Crippen LogP contribution is -2.02. The van der Waals surface area contributed by atoms with Crippen LogP contribution in [-0.4, -0.2) is 15.0 Å². The zero-order chi connectivity index (χ0) is 41.7. The fourth-order valence-corrected chi connectivity index (χ4v) is 9.08. The van der Waals surface area contributed by atoms with Crippen molar-refractivity contribution in [2.24, 2.45) is 0 Å². The van der Waals surface area contributed by atoms with Crippen LogP contribution in [0.3, 0.4) is 0 Å². The second-order valence-corrected chi connectivity index (χ2v) is 15.9. The number of aromatic nitrogens is 3. The van der Waals surface area contributed by atoms with Gasteiger partial charge in [0.2, 0.25) is 0 Å². The topological polar surface area (TPSA) is 51.8 Å². The molecule has 12 aromatic rings. The van der Waals surface area contributed by atoms with E-state index < -0.39 is 0 Å². The van der Waals surface area contributed by atoms with Crippen LogP contribution in [0, 0.1) is 0 Å². The third-order valence-corrected chi connectivity index (χ3v) is 12.1. The molecule has 10 aromatic carbocycles. The molecule has 0 unspecified atom stereocenters. The Labute approximate surface area is 364 Å². The van der Waals surface area contributed by atoms with Crippen LogP contribution in [-0.2, 0) is 0 Å². The summed E-state index contributed by atoms with van der Waals surface area (Å²) in [5.74, 6) is 1.81. The highest BCUT2D eigenvalue weighted by molar-refractivity contribution is 6.19. The molecular formula is C59H37N3O. The standard InChI is InChI=1S/C59H37N3O/c1-4-15-38(16-5-1)40-27-29-44(30-28-40)57-60-58(49-26-14-23-41-19-10-12-24-47(41)49)62-59(61-57)52-37-46(39-17-6-2-7-18-39)36-50(55(52)43-21-8-3-9-22-43)45-32-33-53-51(35-45)56-48-25-13-11-20-42(48)31-34-54(56)63-53/h1-37H. The first-order valence-corrected chi connectivity index (χ1v) is 21.3. The summed E-state index contributed by atoms with van der Waals surface area (Å²) in [5.41, 5.74) is 13.2. The van der Waals surface area contributed by atoms with Crippen molar-refractivity contribution < 1.29 is 4.42 Å². The lowest BCUT2D eigenvalue weighted by Gasteiger charge is -2.19. The van der Waals surface area contributed by atoms with Gasteiger partial charge in [0.25, 0.3) is 0 Å². The van der Waals surface area contributed by atoms with E-state index in [1.807, 2.05) is 6.07 Å². The molecule has 0 radical (unpaired) electrons. The quantitative estimate of drug-likeness (QED) is 0.161. The third-order valence-electron chi connectivity index (χ3n) is 12.1. The molecule has 0 bridgehead atoms. The molecule has 0 saturated heterocycles. The molecule has 0 atom stereocenters. The normalized spacial score (nSPS) is 11.5. The Kier molecular flexibility index (Phi) is 8.79. The highest BCUT2D eigenvalue weighted by atomic mass is 16.3. The molecule has 63 heavy (non-hydrogen) atoms. The fourth-order valence-electron chi connectivity index (χ4n) is 9.08. The Morgan fingerprint density at radius 2 is 0.778 bits per heavy atom. The summed E-state index contributed by atoms with van der Waals surface area (Å²) in [4.78, 5) is 16.1. The van der Waals surface area contributed by atoms with Gasteiger partial charge in [-0.25, -0.2) is 15.0 Å². The SMILES string of the molecule is c1ccc(-c2ccc(-c3nc(-c4cc(-c5ccccc5)cc(-c5ccc6oc7ccc8ccccc8c7c6c5)c4-c4ccccc4)nc(-c4cccc5ccccc45)n3)cc2)cc1. The summed E-state index contributed by atoms with van der Waals surface area (Å²) in [6, 6.07) is 78.8. The van der Waals surface area contributed by atoms with E-state index in [1.54, 1.807) is 0 Å². The molecular weight excluding hydrogens is 767 g/mol. The Morgan fingerprint density at radius 3 is 1.51 bits per heavy atom. The van der Waals surface area contributed by atoms with Crippen LogP contribution in [0.1, 0.15) is 0 Å². The van der Waals surface area contributed by atoms with Gasteiger partial charge in [0, 0.05) is 33.0 Å².